The van der Waals surface area contributed by atoms with Crippen LogP contribution in [-0.4, -0.2) is 10.0 Å². The van der Waals surface area contributed by atoms with Crippen LogP contribution >= 0.6 is 0 Å². The number of nitrogens with zero attached hydrogens (tertiary/aromatic N) is 1. The molecule has 0 aliphatic rings. The van der Waals surface area contributed by atoms with E-state index in [4.69, 9.17) is 0 Å². The number of nitro groups is 1. The van der Waals surface area contributed by atoms with Gasteiger partial charge in [0, 0.05) is 30.3 Å². The summed E-state index contributed by atoms with van der Waals surface area (Å²) in [5.41, 5.74) is 0.813. The summed E-state index contributed by atoms with van der Waals surface area (Å²) in [6.45, 7) is 0.475. The van der Waals surface area contributed by atoms with Crippen molar-refractivity contribution < 1.29 is 14.4 Å². The third-order valence-corrected chi connectivity index (χ3v) is 2.86. The first-order valence-corrected chi connectivity index (χ1v) is 5.98. The van der Waals surface area contributed by atoms with Gasteiger partial charge >= 0.3 is 0 Å². The lowest BCUT2D eigenvalue weighted by molar-refractivity contribution is -0.385. The van der Waals surface area contributed by atoms with E-state index in [1.165, 1.54) is 0 Å². The predicted molar refractivity (Wildman–Crippen MR) is 71.7 cm³/mol. The van der Waals surface area contributed by atoms with Gasteiger partial charge in [-0.15, -0.1) is 0 Å². The number of phenols is 1. The molecule has 2 aromatic carbocycles. The minimum Gasteiger partial charge on any atom is -0.508 e. The average molecular weight is 276 g/mol. The lowest BCUT2D eigenvalue weighted by Gasteiger charge is -2.07. The summed E-state index contributed by atoms with van der Waals surface area (Å²) in [5.74, 6) is -0.372. The minimum atomic E-state index is -0.545. The molecule has 0 fully saturated rings. The number of para-hydroxylation sites is 1. The number of aromatic hydroxyl groups is 1. The van der Waals surface area contributed by atoms with Crippen LogP contribution in [0.3, 0.4) is 0 Å². The van der Waals surface area contributed by atoms with Gasteiger partial charge in [-0.3, -0.25) is 10.1 Å². The molecule has 2 N–H and O–H groups in total. The number of hydrogen-bond donors (Lipinski definition) is 2. The number of benzene rings is 2. The van der Waals surface area contributed by atoms with Gasteiger partial charge in [0.15, 0.2) is 0 Å². The van der Waals surface area contributed by atoms with Crippen LogP contribution in [0.5, 0.6) is 5.75 Å². The maximum Gasteiger partial charge on any atom is 0.274 e. The van der Waals surface area contributed by atoms with Crippen molar-refractivity contribution >= 4 is 5.69 Å². The van der Waals surface area contributed by atoms with E-state index in [9.17, 15) is 19.6 Å². The van der Waals surface area contributed by atoms with Gasteiger partial charge in [-0.05, 0) is 18.2 Å². The number of nitro benzene ring substituents is 1. The van der Waals surface area contributed by atoms with Crippen LogP contribution in [0.25, 0.3) is 0 Å². The third kappa shape index (κ3) is 3.30. The topological polar surface area (TPSA) is 75.4 Å². The Balaban J connectivity index is 2.06. The molecule has 0 aliphatic heterocycles. The molecule has 0 heterocycles. The van der Waals surface area contributed by atoms with Gasteiger partial charge in [0.25, 0.3) is 5.69 Å². The van der Waals surface area contributed by atoms with E-state index < -0.39 is 10.7 Å². The summed E-state index contributed by atoms with van der Waals surface area (Å²) in [6, 6.07) is 10.1. The molecule has 0 amide bonds. The highest BCUT2D eigenvalue weighted by Crippen LogP contribution is 2.20. The molecular formula is C14H13FN2O3. The number of hydrogen-bond acceptors (Lipinski definition) is 4. The Kier molecular flexibility index (Phi) is 4.27. The van der Waals surface area contributed by atoms with E-state index in [2.05, 4.69) is 5.32 Å². The fourth-order valence-corrected chi connectivity index (χ4v) is 1.87. The second-order valence-electron chi connectivity index (χ2n) is 4.26. The molecule has 6 heteroatoms. The van der Waals surface area contributed by atoms with Crippen molar-refractivity contribution in [2.24, 2.45) is 0 Å². The van der Waals surface area contributed by atoms with E-state index in [1.54, 1.807) is 24.3 Å². The molecule has 104 valence electrons. The Labute approximate surface area is 114 Å². The van der Waals surface area contributed by atoms with Crippen molar-refractivity contribution in [3.05, 3.63) is 69.5 Å². The van der Waals surface area contributed by atoms with Crippen LogP contribution in [0.1, 0.15) is 11.1 Å². The standard InChI is InChI=1S/C14H13FN2O3/c15-12-5-6-13(17(19)20)11(7-12)9-16-8-10-3-1-2-4-14(10)18/h1-7,16,18H,8-9H2. The Bertz CT molecular complexity index is 632. The number of phenolic OH excluding ortho intramolecular Hbond substituents is 1. The van der Waals surface area contributed by atoms with Gasteiger partial charge < -0.3 is 10.4 Å². The van der Waals surface area contributed by atoms with Crippen molar-refractivity contribution in [3.63, 3.8) is 0 Å². The van der Waals surface area contributed by atoms with Crippen LogP contribution in [0, 0.1) is 15.9 Å². The highest BCUT2D eigenvalue weighted by molar-refractivity contribution is 5.40. The first kappa shape index (κ1) is 14.0. The Hall–Kier alpha value is -2.47. The van der Waals surface area contributed by atoms with Crippen molar-refractivity contribution in [2.75, 3.05) is 0 Å². The molecule has 0 saturated carbocycles. The molecule has 0 atom stereocenters. The summed E-state index contributed by atoms with van der Waals surface area (Å²) >= 11 is 0. The van der Waals surface area contributed by atoms with Gasteiger partial charge in [0.1, 0.15) is 11.6 Å². The molecule has 20 heavy (non-hydrogen) atoms. The number of halogens is 1. The maximum absolute atomic E-state index is 13.1. The molecule has 2 rings (SSSR count). The summed E-state index contributed by atoms with van der Waals surface area (Å²) in [7, 11) is 0. The lowest BCUT2D eigenvalue weighted by Crippen LogP contribution is -2.14. The molecule has 0 saturated heterocycles. The fourth-order valence-electron chi connectivity index (χ4n) is 1.87. The van der Waals surface area contributed by atoms with E-state index in [0.29, 0.717) is 12.1 Å². The molecule has 0 aliphatic carbocycles. The molecule has 2 aromatic rings. The molecule has 0 aromatic heterocycles. The first-order chi connectivity index (χ1) is 9.58. The molecule has 0 spiro atoms. The predicted octanol–water partition coefficient (Wildman–Crippen LogP) is 2.73. The van der Waals surface area contributed by atoms with E-state index in [0.717, 1.165) is 18.2 Å². The van der Waals surface area contributed by atoms with Crippen molar-refractivity contribution in [2.45, 2.75) is 13.1 Å². The minimum absolute atomic E-state index is 0.129. The van der Waals surface area contributed by atoms with Crippen molar-refractivity contribution in [1.82, 2.24) is 5.32 Å². The molecule has 0 bridgehead atoms. The summed E-state index contributed by atoms with van der Waals surface area (Å²) < 4.78 is 13.1. The second kappa shape index (κ2) is 6.12. The smallest absolute Gasteiger partial charge is 0.274 e. The van der Waals surface area contributed by atoms with E-state index in [1.807, 2.05) is 0 Å². The summed E-state index contributed by atoms with van der Waals surface area (Å²) in [4.78, 5) is 10.3. The van der Waals surface area contributed by atoms with Crippen LogP contribution in [0.4, 0.5) is 10.1 Å². The van der Waals surface area contributed by atoms with Gasteiger partial charge in [-0.1, -0.05) is 18.2 Å². The van der Waals surface area contributed by atoms with Crippen LogP contribution in [-0.2, 0) is 13.1 Å². The zero-order valence-corrected chi connectivity index (χ0v) is 10.5. The van der Waals surface area contributed by atoms with Crippen LogP contribution in [0.15, 0.2) is 42.5 Å². The second-order valence-corrected chi connectivity index (χ2v) is 4.26. The highest BCUT2D eigenvalue weighted by Gasteiger charge is 2.13. The summed E-state index contributed by atoms with van der Waals surface area (Å²) in [5, 5.41) is 23.4. The van der Waals surface area contributed by atoms with Crippen LogP contribution in [0.2, 0.25) is 0 Å². The van der Waals surface area contributed by atoms with Gasteiger partial charge in [0.2, 0.25) is 0 Å². The van der Waals surface area contributed by atoms with Crippen molar-refractivity contribution in [1.29, 1.82) is 0 Å². The van der Waals surface area contributed by atoms with Crippen LogP contribution < -0.4 is 5.32 Å². The third-order valence-electron chi connectivity index (χ3n) is 2.86. The van der Waals surface area contributed by atoms with Crippen molar-refractivity contribution in [3.8, 4) is 5.75 Å². The largest absolute Gasteiger partial charge is 0.508 e. The Morgan fingerprint density at radius 1 is 1.15 bits per heavy atom. The van der Waals surface area contributed by atoms with Gasteiger partial charge in [0.05, 0.1) is 4.92 Å². The first-order valence-electron chi connectivity index (χ1n) is 5.98. The van der Waals surface area contributed by atoms with E-state index >= 15 is 0 Å². The molecule has 5 nitrogen and oxygen atoms in total. The summed E-state index contributed by atoms with van der Waals surface area (Å²) in [6.07, 6.45) is 0. The average Bonchev–Trinajstić information content (AvgIpc) is 2.41. The molecule has 0 unspecified atom stereocenters. The van der Waals surface area contributed by atoms with Gasteiger partial charge in [-0.25, -0.2) is 4.39 Å². The van der Waals surface area contributed by atoms with Gasteiger partial charge in [-0.2, -0.15) is 0 Å². The lowest BCUT2D eigenvalue weighted by atomic mass is 10.1. The van der Waals surface area contributed by atoms with E-state index in [-0.39, 0.29) is 23.5 Å². The normalized spacial score (nSPS) is 10.4. The number of rotatable bonds is 5. The Morgan fingerprint density at radius 2 is 1.85 bits per heavy atom. The SMILES string of the molecule is O=[N+]([O-])c1ccc(F)cc1CNCc1ccccc1O. The Morgan fingerprint density at radius 3 is 2.55 bits per heavy atom. The molecule has 0 radical (unpaired) electrons. The quantitative estimate of drug-likeness (QED) is 0.650. The maximum atomic E-state index is 13.1. The zero-order valence-electron chi connectivity index (χ0n) is 10.5. The zero-order chi connectivity index (χ0) is 14.5. The highest BCUT2D eigenvalue weighted by atomic mass is 19.1. The number of nitrogens with one attached hydrogen (secondary N) is 1. The molecular weight excluding hydrogens is 263 g/mol. The monoisotopic (exact) mass is 276 g/mol. The fraction of sp³-hybridized carbons (Fsp3) is 0.143.